The van der Waals surface area contributed by atoms with Gasteiger partial charge in [-0.15, -0.1) is 0 Å². The highest BCUT2D eigenvalue weighted by Crippen LogP contribution is 2.35. The van der Waals surface area contributed by atoms with Gasteiger partial charge in [0.25, 0.3) is 0 Å². The average molecular weight is 508 g/mol. The van der Waals surface area contributed by atoms with Crippen LogP contribution in [0.1, 0.15) is 30.0 Å². The fourth-order valence-corrected chi connectivity index (χ4v) is 5.36. The quantitative estimate of drug-likeness (QED) is 0.643. The number of carbonyl (C=O) groups excluding carboxylic acids is 3. The van der Waals surface area contributed by atoms with Crippen LogP contribution in [0, 0.1) is 0 Å². The number of hydrogen-bond acceptors (Lipinski definition) is 6. The molecular weight excluding hydrogens is 474 g/mol. The van der Waals surface area contributed by atoms with Gasteiger partial charge in [-0.3, -0.25) is 9.59 Å². The summed E-state index contributed by atoms with van der Waals surface area (Å²) in [5.74, 6) is 0.408. The zero-order valence-corrected chi connectivity index (χ0v) is 21.2. The van der Waals surface area contributed by atoms with Gasteiger partial charge >= 0.3 is 6.03 Å². The number of nitrogens with one attached hydrogen (secondary N) is 1. The molecule has 5 rings (SSSR count). The molecule has 2 aromatic rings. The van der Waals surface area contributed by atoms with Crippen molar-refractivity contribution < 1.29 is 23.9 Å². The number of carbonyl (C=O) groups is 3. The number of fused-ring (bicyclic) bond motifs is 1. The van der Waals surface area contributed by atoms with E-state index in [0.717, 1.165) is 29.7 Å². The highest BCUT2D eigenvalue weighted by atomic mass is 16.5. The van der Waals surface area contributed by atoms with Gasteiger partial charge in [-0.25, -0.2) is 14.8 Å². The highest BCUT2D eigenvalue weighted by molar-refractivity contribution is 5.92. The van der Waals surface area contributed by atoms with Crippen LogP contribution in [0.4, 0.5) is 4.79 Å². The average Bonchev–Trinajstić information content (AvgIpc) is 3.42. The van der Waals surface area contributed by atoms with E-state index in [1.54, 1.807) is 34.0 Å². The molecule has 196 valence electrons. The fraction of sp³-hybridized carbons (Fsp3) is 0.444. The highest BCUT2D eigenvalue weighted by Gasteiger charge is 2.51. The van der Waals surface area contributed by atoms with Gasteiger partial charge < -0.3 is 24.6 Å². The molecule has 10 nitrogen and oxygen atoms in total. The maximum absolute atomic E-state index is 13.8. The molecule has 0 bridgehead atoms. The first-order valence-corrected chi connectivity index (χ1v) is 12.6. The summed E-state index contributed by atoms with van der Waals surface area (Å²) in [5.41, 5.74) is 1.65. The molecule has 3 atom stereocenters. The molecule has 3 aliphatic rings. The molecule has 3 fully saturated rings. The number of hydrogen-bond donors (Lipinski definition) is 1. The molecule has 3 heterocycles. The Morgan fingerprint density at radius 3 is 2.54 bits per heavy atom. The van der Waals surface area contributed by atoms with Crippen molar-refractivity contribution in [3.05, 3.63) is 65.7 Å². The summed E-state index contributed by atoms with van der Waals surface area (Å²) >= 11 is 0. The Kier molecular flexibility index (Phi) is 7.29. The fourth-order valence-electron chi connectivity index (χ4n) is 5.36. The van der Waals surface area contributed by atoms with E-state index in [1.165, 1.54) is 0 Å². The van der Waals surface area contributed by atoms with Crippen LogP contribution in [0.3, 0.4) is 0 Å². The molecule has 0 aliphatic carbocycles. The Bertz CT molecular complexity index is 1120. The van der Waals surface area contributed by atoms with E-state index in [2.05, 4.69) is 5.32 Å². The van der Waals surface area contributed by atoms with Crippen LogP contribution in [-0.2, 0) is 20.9 Å². The lowest BCUT2D eigenvalue weighted by Gasteiger charge is -2.54. The smallest absolute Gasteiger partial charge is 0.334 e. The van der Waals surface area contributed by atoms with Crippen molar-refractivity contribution in [2.75, 3.05) is 40.4 Å². The minimum absolute atomic E-state index is 0.00515. The minimum Gasteiger partial charge on any atom is -0.497 e. The Balaban J connectivity index is 1.41. The molecule has 10 heteroatoms. The summed E-state index contributed by atoms with van der Waals surface area (Å²) < 4.78 is 11.0. The molecule has 2 aromatic carbocycles. The lowest BCUT2D eigenvalue weighted by molar-refractivity contribution is -0.188. The number of amides is 4. The molecule has 3 aliphatic heterocycles. The van der Waals surface area contributed by atoms with E-state index in [1.807, 2.05) is 54.6 Å². The van der Waals surface area contributed by atoms with Crippen LogP contribution in [0.5, 0.6) is 5.75 Å². The summed E-state index contributed by atoms with van der Waals surface area (Å²) in [7, 11) is 3.33. The SMILES string of the molecule is COc1ccc(CNC(=O)N2[C@H]3CN(CC4CCCO4)C(=O)[C@H](c4ccccc4)N3C(=O)CN2C)cc1. The van der Waals surface area contributed by atoms with Crippen LogP contribution in [-0.4, -0.2) is 90.3 Å². The largest absolute Gasteiger partial charge is 0.497 e. The van der Waals surface area contributed by atoms with E-state index in [-0.39, 0.29) is 37.0 Å². The van der Waals surface area contributed by atoms with Crippen LogP contribution >= 0.6 is 0 Å². The Hall–Kier alpha value is -3.63. The molecule has 3 saturated heterocycles. The van der Waals surface area contributed by atoms with Gasteiger partial charge in [-0.2, -0.15) is 0 Å². The van der Waals surface area contributed by atoms with Gasteiger partial charge in [0.05, 0.1) is 26.3 Å². The number of nitrogens with zero attached hydrogens (tertiary/aromatic N) is 4. The van der Waals surface area contributed by atoms with Crippen LogP contribution < -0.4 is 10.1 Å². The van der Waals surface area contributed by atoms with E-state index >= 15 is 0 Å². The van der Waals surface area contributed by atoms with Crippen molar-refractivity contribution in [2.24, 2.45) is 0 Å². The zero-order valence-electron chi connectivity index (χ0n) is 21.2. The van der Waals surface area contributed by atoms with Crippen LogP contribution in [0.15, 0.2) is 54.6 Å². The van der Waals surface area contributed by atoms with Gasteiger partial charge in [-0.05, 0) is 36.1 Å². The molecule has 1 N–H and O–H groups in total. The van der Waals surface area contributed by atoms with E-state index < -0.39 is 12.2 Å². The monoisotopic (exact) mass is 507 g/mol. The van der Waals surface area contributed by atoms with E-state index in [0.29, 0.717) is 19.7 Å². The van der Waals surface area contributed by atoms with Crippen LogP contribution in [0.25, 0.3) is 0 Å². The number of benzene rings is 2. The predicted molar refractivity (Wildman–Crippen MR) is 135 cm³/mol. The molecule has 37 heavy (non-hydrogen) atoms. The second-order valence-electron chi connectivity index (χ2n) is 9.64. The third kappa shape index (κ3) is 5.12. The number of rotatable bonds is 6. The maximum Gasteiger partial charge on any atom is 0.334 e. The standard InChI is InChI=1S/C27H33N5O5/c1-29-18-24(33)31-23(32(29)27(35)28-15-19-10-12-21(36-2)13-11-19)17-30(16-22-9-6-14-37-22)26(34)25(31)20-7-4-3-5-8-20/h3-5,7-8,10-13,22-23,25H,6,9,14-18H2,1-2H3,(H,28,35)/t22?,23-,25-/m0/s1. The maximum atomic E-state index is 13.8. The summed E-state index contributed by atoms with van der Waals surface area (Å²) in [6.07, 6.45) is 1.16. The van der Waals surface area contributed by atoms with Gasteiger partial charge in [0.2, 0.25) is 11.8 Å². The molecule has 0 saturated carbocycles. The van der Waals surface area contributed by atoms with Gasteiger partial charge in [-0.1, -0.05) is 42.5 Å². The summed E-state index contributed by atoms with van der Waals surface area (Å²) in [6, 6.07) is 15.6. The van der Waals surface area contributed by atoms with Crippen molar-refractivity contribution in [3.63, 3.8) is 0 Å². The van der Waals surface area contributed by atoms with Crippen molar-refractivity contribution in [1.29, 1.82) is 0 Å². The van der Waals surface area contributed by atoms with Crippen molar-refractivity contribution >= 4 is 17.8 Å². The number of ether oxygens (including phenoxy) is 2. The Labute approximate surface area is 216 Å². The number of methoxy groups -OCH3 is 1. The summed E-state index contributed by atoms with van der Waals surface area (Å²) in [5, 5.41) is 6.18. The molecule has 0 radical (unpaired) electrons. The molecule has 0 aromatic heterocycles. The number of urea groups is 1. The number of likely N-dealkylation sites (N-methyl/N-ethyl adjacent to an activating group) is 1. The predicted octanol–water partition coefficient (Wildman–Crippen LogP) is 1.98. The Morgan fingerprint density at radius 1 is 1.11 bits per heavy atom. The third-order valence-electron chi connectivity index (χ3n) is 7.20. The molecule has 0 spiro atoms. The number of hydrazine groups is 1. The lowest BCUT2D eigenvalue weighted by atomic mass is 9.98. The zero-order chi connectivity index (χ0) is 25.9. The normalized spacial score (nSPS) is 24.3. The minimum atomic E-state index is -0.806. The van der Waals surface area contributed by atoms with Crippen molar-refractivity contribution in [3.8, 4) is 5.75 Å². The van der Waals surface area contributed by atoms with Gasteiger partial charge in [0.15, 0.2) is 0 Å². The summed E-state index contributed by atoms with van der Waals surface area (Å²) in [6.45, 7) is 1.65. The second kappa shape index (κ2) is 10.8. The third-order valence-corrected chi connectivity index (χ3v) is 7.20. The van der Waals surface area contributed by atoms with Gasteiger partial charge in [0, 0.05) is 26.7 Å². The van der Waals surface area contributed by atoms with Crippen molar-refractivity contribution in [2.45, 2.75) is 37.7 Å². The molecule has 1 unspecified atom stereocenters. The van der Waals surface area contributed by atoms with E-state index in [9.17, 15) is 14.4 Å². The second-order valence-corrected chi connectivity index (χ2v) is 9.64. The molecule has 4 amide bonds. The summed E-state index contributed by atoms with van der Waals surface area (Å²) in [4.78, 5) is 44.0. The topological polar surface area (TPSA) is 94.7 Å². The van der Waals surface area contributed by atoms with E-state index in [4.69, 9.17) is 9.47 Å². The first-order chi connectivity index (χ1) is 18.0. The van der Waals surface area contributed by atoms with Crippen molar-refractivity contribution in [1.82, 2.24) is 25.1 Å². The van der Waals surface area contributed by atoms with Gasteiger partial charge in [0.1, 0.15) is 18.0 Å². The molecular formula is C27H33N5O5. The van der Waals surface area contributed by atoms with Crippen LogP contribution in [0.2, 0.25) is 0 Å². The lowest BCUT2D eigenvalue weighted by Crippen LogP contribution is -2.74. The Morgan fingerprint density at radius 2 is 1.86 bits per heavy atom. The number of piperazine rings is 1. The first-order valence-electron chi connectivity index (χ1n) is 12.6. The first kappa shape index (κ1) is 25.0.